The van der Waals surface area contributed by atoms with E-state index in [9.17, 15) is 19.2 Å². The van der Waals surface area contributed by atoms with Crippen LogP contribution in [0.1, 0.15) is 52.0 Å². The lowest BCUT2D eigenvalue weighted by molar-refractivity contribution is -0.140. The fourth-order valence-electron chi connectivity index (χ4n) is 2.66. The van der Waals surface area contributed by atoms with Gasteiger partial charge in [0.2, 0.25) is 5.91 Å². The molecule has 1 aromatic carbocycles. The number of carbonyl (C=O) groups is 4. The largest absolute Gasteiger partial charge is 0.469 e. The Morgan fingerprint density at radius 2 is 1.61 bits per heavy atom. The van der Waals surface area contributed by atoms with Crippen molar-refractivity contribution in [3.05, 3.63) is 35.9 Å². The summed E-state index contributed by atoms with van der Waals surface area (Å²) in [5.41, 5.74) is 0.161. The van der Waals surface area contributed by atoms with Gasteiger partial charge in [-0.05, 0) is 45.6 Å². The van der Waals surface area contributed by atoms with E-state index in [0.717, 1.165) is 5.56 Å². The molecule has 0 saturated heterocycles. The zero-order valence-corrected chi connectivity index (χ0v) is 19.8. The summed E-state index contributed by atoms with van der Waals surface area (Å²) in [6.45, 7) is 5.84. The molecule has 33 heavy (non-hydrogen) atoms. The van der Waals surface area contributed by atoms with E-state index >= 15 is 0 Å². The van der Waals surface area contributed by atoms with Crippen LogP contribution in [0.5, 0.6) is 0 Å². The number of hydrogen-bond donors (Lipinski definition) is 3. The average molecular weight is 466 g/mol. The Bertz CT molecular complexity index is 763. The maximum absolute atomic E-state index is 12.5. The van der Waals surface area contributed by atoms with Gasteiger partial charge < -0.3 is 30.2 Å². The normalized spacial score (nSPS) is 11.6. The first kappa shape index (κ1) is 27.7. The lowest BCUT2D eigenvalue weighted by Crippen LogP contribution is -2.48. The number of rotatable bonds is 12. The SMILES string of the molecule is COC(=O)CCCNC(=O)C(CCCNC(=O)OCc1ccccc1)NC(=O)OC(C)(C)C. The fraction of sp³-hybridized carbons (Fsp3) is 0.565. The molecule has 184 valence electrons. The van der Waals surface area contributed by atoms with E-state index in [1.807, 2.05) is 30.3 Å². The highest BCUT2D eigenvalue weighted by Crippen LogP contribution is 2.08. The Balaban J connectivity index is 2.46. The molecule has 1 unspecified atom stereocenters. The number of methoxy groups -OCH3 is 1. The van der Waals surface area contributed by atoms with E-state index in [4.69, 9.17) is 9.47 Å². The van der Waals surface area contributed by atoms with Crippen molar-refractivity contribution in [1.29, 1.82) is 0 Å². The topological polar surface area (TPSA) is 132 Å². The number of ether oxygens (including phenoxy) is 3. The van der Waals surface area contributed by atoms with Crippen molar-refractivity contribution in [1.82, 2.24) is 16.0 Å². The summed E-state index contributed by atoms with van der Waals surface area (Å²) in [7, 11) is 1.30. The summed E-state index contributed by atoms with van der Waals surface area (Å²) in [4.78, 5) is 47.7. The number of amides is 3. The number of hydrogen-bond acceptors (Lipinski definition) is 7. The molecule has 0 heterocycles. The van der Waals surface area contributed by atoms with E-state index in [1.165, 1.54) is 7.11 Å². The van der Waals surface area contributed by atoms with E-state index in [0.29, 0.717) is 12.8 Å². The Morgan fingerprint density at radius 1 is 0.939 bits per heavy atom. The zero-order valence-electron chi connectivity index (χ0n) is 19.8. The van der Waals surface area contributed by atoms with Crippen LogP contribution in [0.4, 0.5) is 9.59 Å². The molecule has 1 rings (SSSR count). The van der Waals surface area contributed by atoms with Crippen LogP contribution >= 0.6 is 0 Å². The second-order valence-electron chi connectivity index (χ2n) is 8.30. The molecule has 3 N–H and O–H groups in total. The van der Waals surface area contributed by atoms with Crippen molar-refractivity contribution >= 4 is 24.1 Å². The molecular weight excluding hydrogens is 430 g/mol. The standard InChI is InChI=1S/C23H35N3O7/c1-23(2,3)33-22(30)26-18(20(28)24-14-9-13-19(27)31-4)12-8-15-25-21(29)32-16-17-10-6-5-7-11-17/h5-7,10-11,18H,8-9,12-16H2,1-4H3,(H,24,28)(H,25,29)(H,26,30). The first-order valence-corrected chi connectivity index (χ1v) is 10.9. The predicted octanol–water partition coefficient (Wildman–Crippen LogP) is 2.66. The van der Waals surface area contributed by atoms with Crippen molar-refractivity contribution in [3.8, 4) is 0 Å². The molecule has 0 aliphatic carbocycles. The third-order valence-electron chi connectivity index (χ3n) is 4.24. The molecule has 0 radical (unpaired) electrons. The van der Waals surface area contributed by atoms with Gasteiger partial charge in [-0.3, -0.25) is 9.59 Å². The lowest BCUT2D eigenvalue weighted by atomic mass is 10.1. The van der Waals surface area contributed by atoms with Gasteiger partial charge in [-0.1, -0.05) is 30.3 Å². The summed E-state index contributed by atoms with van der Waals surface area (Å²) < 4.78 is 14.9. The van der Waals surface area contributed by atoms with Gasteiger partial charge >= 0.3 is 18.2 Å². The van der Waals surface area contributed by atoms with Crippen LogP contribution in [0.2, 0.25) is 0 Å². The molecule has 0 bridgehead atoms. The average Bonchev–Trinajstić information content (AvgIpc) is 2.76. The van der Waals surface area contributed by atoms with Crippen LogP contribution in [0, 0.1) is 0 Å². The van der Waals surface area contributed by atoms with Crippen LogP contribution in [-0.2, 0) is 30.4 Å². The van der Waals surface area contributed by atoms with E-state index < -0.39 is 29.7 Å². The highest BCUT2D eigenvalue weighted by molar-refractivity contribution is 5.85. The molecule has 0 fully saturated rings. The maximum atomic E-state index is 12.5. The molecule has 0 spiro atoms. The van der Waals surface area contributed by atoms with E-state index in [2.05, 4.69) is 20.7 Å². The van der Waals surface area contributed by atoms with Gasteiger partial charge in [0.15, 0.2) is 0 Å². The summed E-state index contributed by atoms with van der Waals surface area (Å²) >= 11 is 0. The van der Waals surface area contributed by atoms with Gasteiger partial charge in [-0.25, -0.2) is 9.59 Å². The molecule has 10 heteroatoms. The molecular formula is C23H35N3O7. The van der Waals surface area contributed by atoms with E-state index in [1.54, 1.807) is 20.8 Å². The van der Waals surface area contributed by atoms with Crippen molar-refractivity contribution in [3.63, 3.8) is 0 Å². The van der Waals surface area contributed by atoms with Crippen LogP contribution in [0.3, 0.4) is 0 Å². The fourth-order valence-corrected chi connectivity index (χ4v) is 2.66. The van der Waals surface area contributed by atoms with Gasteiger partial charge in [0.1, 0.15) is 18.2 Å². The minimum absolute atomic E-state index is 0.156. The summed E-state index contributed by atoms with van der Waals surface area (Å²) in [6, 6.07) is 8.43. The number of esters is 1. The Hall–Kier alpha value is -3.30. The maximum Gasteiger partial charge on any atom is 0.408 e. The number of alkyl carbamates (subject to hydrolysis) is 2. The molecule has 0 aromatic heterocycles. The molecule has 1 atom stereocenters. The second-order valence-corrected chi connectivity index (χ2v) is 8.30. The third-order valence-corrected chi connectivity index (χ3v) is 4.24. The van der Waals surface area contributed by atoms with Crippen molar-refractivity contribution < 1.29 is 33.4 Å². The highest BCUT2D eigenvalue weighted by Gasteiger charge is 2.24. The van der Waals surface area contributed by atoms with Gasteiger partial charge in [0, 0.05) is 19.5 Å². The zero-order chi connectivity index (χ0) is 24.7. The monoisotopic (exact) mass is 465 g/mol. The minimum Gasteiger partial charge on any atom is -0.469 e. The van der Waals surface area contributed by atoms with E-state index in [-0.39, 0.29) is 38.5 Å². The molecule has 10 nitrogen and oxygen atoms in total. The Labute approximate surface area is 194 Å². The molecule has 0 saturated carbocycles. The number of benzene rings is 1. The Morgan fingerprint density at radius 3 is 2.24 bits per heavy atom. The Kier molecular flexibility index (Phi) is 12.4. The van der Waals surface area contributed by atoms with Crippen LogP contribution < -0.4 is 16.0 Å². The lowest BCUT2D eigenvalue weighted by Gasteiger charge is -2.23. The smallest absolute Gasteiger partial charge is 0.408 e. The van der Waals surface area contributed by atoms with Crippen LogP contribution in [-0.4, -0.2) is 55.9 Å². The van der Waals surface area contributed by atoms with Crippen LogP contribution in [0.25, 0.3) is 0 Å². The molecule has 1 aromatic rings. The molecule has 0 aliphatic rings. The predicted molar refractivity (Wildman–Crippen MR) is 121 cm³/mol. The summed E-state index contributed by atoms with van der Waals surface area (Å²) in [5, 5.41) is 7.87. The first-order chi connectivity index (χ1) is 15.6. The van der Waals surface area contributed by atoms with Crippen molar-refractivity contribution in [2.24, 2.45) is 0 Å². The van der Waals surface area contributed by atoms with Crippen LogP contribution in [0.15, 0.2) is 30.3 Å². The third kappa shape index (κ3) is 13.7. The quantitative estimate of drug-likeness (QED) is 0.246. The number of nitrogens with one attached hydrogen (secondary N) is 3. The first-order valence-electron chi connectivity index (χ1n) is 10.9. The minimum atomic E-state index is -0.861. The van der Waals surface area contributed by atoms with Gasteiger partial charge in [-0.15, -0.1) is 0 Å². The highest BCUT2D eigenvalue weighted by atomic mass is 16.6. The van der Waals surface area contributed by atoms with Gasteiger partial charge in [-0.2, -0.15) is 0 Å². The molecule has 0 aliphatic heterocycles. The van der Waals surface area contributed by atoms with Crippen molar-refractivity contribution in [2.45, 2.75) is 64.7 Å². The number of carbonyl (C=O) groups excluding carboxylic acids is 4. The van der Waals surface area contributed by atoms with Gasteiger partial charge in [0.05, 0.1) is 7.11 Å². The summed E-state index contributed by atoms with van der Waals surface area (Å²) in [5.74, 6) is -0.768. The summed E-state index contributed by atoms with van der Waals surface area (Å²) in [6.07, 6.45) is -0.0185. The second kappa shape index (κ2) is 14.7. The molecule has 3 amide bonds. The van der Waals surface area contributed by atoms with Gasteiger partial charge in [0.25, 0.3) is 0 Å². The van der Waals surface area contributed by atoms with Crippen molar-refractivity contribution in [2.75, 3.05) is 20.2 Å².